The Labute approximate surface area is 128 Å². The summed E-state index contributed by atoms with van der Waals surface area (Å²) in [6.45, 7) is 10.9. The van der Waals surface area contributed by atoms with Crippen molar-refractivity contribution in [3.05, 3.63) is 23.8 Å². The van der Waals surface area contributed by atoms with Gasteiger partial charge >= 0.3 is 0 Å². The van der Waals surface area contributed by atoms with Crippen molar-refractivity contribution in [1.29, 1.82) is 0 Å². The predicted octanol–water partition coefficient (Wildman–Crippen LogP) is 2.98. The lowest BCUT2D eigenvalue weighted by molar-refractivity contribution is -0.0269. The van der Waals surface area contributed by atoms with E-state index in [9.17, 15) is 5.11 Å². The molecule has 0 aromatic heterocycles. The second-order valence-electron chi connectivity index (χ2n) is 6.31. The van der Waals surface area contributed by atoms with Gasteiger partial charge in [0.05, 0.1) is 12.7 Å². The van der Waals surface area contributed by atoms with Crippen molar-refractivity contribution in [1.82, 2.24) is 5.32 Å². The first-order chi connectivity index (χ1) is 9.76. The number of rotatable bonds is 8. The molecule has 0 amide bonds. The molecule has 21 heavy (non-hydrogen) atoms. The molecule has 1 atom stereocenters. The van der Waals surface area contributed by atoms with Crippen LogP contribution in [0.4, 0.5) is 0 Å². The molecule has 4 nitrogen and oxygen atoms in total. The molecule has 0 aliphatic heterocycles. The highest BCUT2D eigenvalue weighted by Crippen LogP contribution is 2.26. The van der Waals surface area contributed by atoms with Crippen molar-refractivity contribution in [2.75, 3.05) is 13.7 Å². The summed E-state index contributed by atoms with van der Waals surface area (Å²) in [7, 11) is 1.65. The van der Waals surface area contributed by atoms with Crippen LogP contribution in [-0.2, 0) is 6.54 Å². The Morgan fingerprint density at radius 2 is 1.90 bits per heavy atom. The van der Waals surface area contributed by atoms with Crippen molar-refractivity contribution >= 4 is 0 Å². The second-order valence-corrected chi connectivity index (χ2v) is 6.31. The third-order valence-electron chi connectivity index (χ3n) is 3.73. The Balaban J connectivity index is 2.84. The van der Waals surface area contributed by atoms with E-state index in [0.717, 1.165) is 17.1 Å². The molecule has 4 heteroatoms. The monoisotopic (exact) mass is 295 g/mol. The molecular formula is C17H29NO3. The molecule has 1 aromatic rings. The predicted molar refractivity (Wildman–Crippen MR) is 85.9 cm³/mol. The van der Waals surface area contributed by atoms with E-state index in [2.05, 4.69) is 19.2 Å². The first-order valence-corrected chi connectivity index (χ1v) is 7.51. The molecule has 0 aliphatic rings. The van der Waals surface area contributed by atoms with E-state index < -0.39 is 5.60 Å². The van der Waals surface area contributed by atoms with Crippen LogP contribution in [0, 0.1) is 5.92 Å². The van der Waals surface area contributed by atoms with Gasteiger partial charge in [-0.25, -0.2) is 0 Å². The minimum absolute atomic E-state index is 0.132. The molecule has 0 heterocycles. The molecule has 1 rings (SSSR count). The van der Waals surface area contributed by atoms with E-state index >= 15 is 0 Å². The maximum atomic E-state index is 10.3. The van der Waals surface area contributed by atoms with Gasteiger partial charge < -0.3 is 19.9 Å². The first kappa shape index (κ1) is 17.8. The zero-order chi connectivity index (χ0) is 16.0. The first-order valence-electron chi connectivity index (χ1n) is 7.51. The molecule has 0 saturated carbocycles. The Kier molecular flexibility index (Phi) is 6.49. The van der Waals surface area contributed by atoms with Gasteiger partial charge in [-0.15, -0.1) is 0 Å². The summed E-state index contributed by atoms with van der Waals surface area (Å²) in [5.41, 5.74) is 0.186. The van der Waals surface area contributed by atoms with Gasteiger partial charge in [0.2, 0.25) is 0 Å². The summed E-state index contributed by atoms with van der Waals surface area (Å²) in [5.74, 6) is 1.72. The number of nitrogens with one attached hydrogen (secondary N) is 1. The Bertz CT molecular complexity index is 442. The smallest absolute Gasteiger partial charge is 0.124 e. The van der Waals surface area contributed by atoms with Crippen LogP contribution < -0.4 is 14.8 Å². The highest BCUT2D eigenvalue weighted by Gasteiger charge is 2.26. The van der Waals surface area contributed by atoms with Gasteiger partial charge in [0.15, 0.2) is 0 Å². The van der Waals surface area contributed by atoms with Gasteiger partial charge in [-0.05, 0) is 31.0 Å². The fourth-order valence-electron chi connectivity index (χ4n) is 1.67. The number of ether oxygens (including phenoxy) is 2. The molecule has 0 saturated heterocycles. The van der Waals surface area contributed by atoms with Crippen LogP contribution in [0.25, 0.3) is 0 Å². The van der Waals surface area contributed by atoms with Crippen LogP contribution in [0.5, 0.6) is 11.5 Å². The van der Waals surface area contributed by atoms with Crippen LogP contribution in [0.1, 0.15) is 40.2 Å². The maximum absolute atomic E-state index is 10.3. The number of hydrogen-bond donors (Lipinski definition) is 2. The summed E-state index contributed by atoms with van der Waals surface area (Å²) in [6, 6.07) is 6.13. The fraction of sp³-hybridized carbons (Fsp3) is 0.647. The van der Waals surface area contributed by atoms with E-state index in [-0.39, 0.29) is 12.5 Å². The van der Waals surface area contributed by atoms with Gasteiger partial charge in [-0.3, -0.25) is 0 Å². The number of hydrogen-bond acceptors (Lipinski definition) is 4. The molecule has 0 spiro atoms. The summed E-state index contributed by atoms with van der Waals surface area (Å²) in [5, 5.41) is 13.7. The lowest BCUT2D eigenvalue weighted by Crippen LogP contribution is -2.38. The van der Waals surface area contributed by atoms with Crippen molar-refractivity contribution in [2.24, 2.45) is 5.92 Å². The van der Waals surface area contributed by atoms with Gasteiger partial charge in [0.25, 0.3) is 0 Å². The fourth-order valence-corrected chi connectivity index (χ4v) is 1.67. The summed E-state index contributed by atoms with van der Waals surface area (Å²) < 4.78 is 11.1. The van der Waals surface area contributed by atoms with Crippen LogP contribution in [0.2, 0.25) is 0 Å². The highest BCUT2D eigenvalue weighted by molar-refractivity contribution is 5.40. The second kappa shape index (κ2) is 7.66. The van der Waals surface area contributed by atoms with Crippen LogP contribution >= 0.6 is 0 Å². The summed E-state index contributed by atoms with van der Waals surface area (Å²) in [6.07, 6.45) is 0. The zero-order valence-electron chi connectivity index (χ0n) is 14.1. The average molecular weight is 295 g/mol. The molecule has 120 valence electrons. The summed E-state index contributed by atoms with van der Waals surface area (Å²) >= 11 is 0. The van der Waals surface area contributed by atoms with Crippen LogP contribution in [-0.4, -0.2) is 30.5 Å². The van der Waals surface area contributed by atoms with Crippen molar-refractivity contribution in [3.8, 4) is 11.5 Å². The lowest BCUT2D eigenvalue weighted by atomic mass is 9.94. The quantitative estimate of drug-likeness (QED) is 0.774. The molecule has 1 unspecified atom stereocenters. The molecule has 1 aromatic carbocycles. The van der Waals surface area contributed by atoms with Gasteiger partial charge in [-0.2, -0.15) is 0 Å². The molecule has 0 bridgehead atoms. The largest absolute Gasteiger partial charge is 0.497 e. The highest BCUT2D eigenvalue weighted by atomic mass is 16.5. The standard InChI is InChI=1S/C17H29NO3/c1-12(2)17(5,19)11-21-16-8-7-15(20-6)9-14(16)10-18-13(3)4/h7-9,12-13,18-19H,10-11H2,1-6H3. The average Bonchev–Trinajstić information content (AvgIpc) is 2.43. The number of methoxy groups -OCH3 is 1. The third-order valence-corrected chi connectivity index (χ3v) is 3.73. The zero-order valence-corrected chi connectivity index (χ0v) is 14.1. The topological polar surface area (TPSA) is 50.7 Å². The van der Waals surface area contributed by atoms with E-state index in [0.29, 0.717) is 12.6 Å². The number of benzene rings is 1. The normalized spacial score (nSPS) is 14.3. The SMILES string of the molecule is COc1ccc(OCC(C)(O)C(C)C)c(CNC(C)C)c1. The lowest BCUT2D eigenvalue weighted by Gasteiger charge is -2.28. The van der Waals surface area contributed by atoms with E-state index in [1.807, 2.05) is 32.0 Å². The minimum atomic E-state index is -0.845. The summed E-state index contributed by atoms with van der Waals surface area (Å²) in [4.78, 5) is 0. The van der Waals surface area contributed by atoms with Gasteiger partial charge in [-0.1, -0.05) is 27.7 Å². The third kappa shape index (κ3) is 5.56. The van der Waals surface area contributed by atoms with E-state index in [1.54, 1.807) is 14.0 Å². The molecule has 0 aliphatic carbocycles. The Morgan fingerprint density at radius 1 is 1.24 bits per heavy atom. The molecule has 0 radical (unpaired) electrons. The molecule has 2 N–H and O–H groups in total. The van der Waals surface area contributed by atoms with Crippen molar-refractivity contribution in [3.63, 3.8) is 0 Å². The van der Waals surface area contributed by atoms with Gasteiger partial charge in [0.1, 0.15) is 18.1 Å². The number of aliphatic hydroxyl groups is 1. The van der Waals surface area contributed by atoms with Crippen molar-refractivity contribution < 1.29 is 14.6 Å². The van der Waals surface area contributed by atoms with E-state index in [1.165, 1.54) is 0 Å². The van der Waals surface area contributed by atoms with Gasteiger partial charge in [0, 0.05) is 18.2 Å². The Hall–Kier alpha value is -1.26. The maximum Gasteiger partial charge on any atom is 0.124 e. The van der Waals surface area contributed by atoms with Crippen molar-refractivity contribution in [2.45, 2.75) is 52.8 Å². The van der Waals surface area contributed by atoms with Crippen LogP contribution in [0.15, 0.2) is 18.2 Å². The Morgan fingerprint density at radius 3 is 2.43 bits per heavy atom. The molecular weight excluding hydrogens is 266 g/mol. The molecule has 0 fully saturated rings. The van der Waals surface area contributed by atoms with Crippen LogP contribution in [0.3, 0.4) is 0 Å². The minimum Gasteiger partial charge on any atom is -0.497 e. The van der Waals surface area contributed by atoms with E-state index in [4.69, 9.17) is 9.47 Å².